The number of nitrogens with zero attached hydrogens (tertiary/aromatic N) is 7. The minimum absolute atomic E-state index is 0.0482. The van der Waals surface area contributed by atoms with Crippen LogP contribution in [0.5, 0.6) is 17.2 Å². The highest BCUT2D eigenvalue weighted by atomic mass is 35.5. The lowest BCUT2D eigenvalue weighted by atomic mass is 10.1. The molecule has 0 aliphatic rings. The van der Waals surface area contributed by atoms with Crippen LogP contribution in [-0.4, -0.2) is 91.1 Å². The number of rotatable bonds is 19. The average Bonchev–Trinajstić information content (AvgIpc) is 3.36. The van der Waals surface area contributed by atoms with Gasteiger partial charge in [0.2, 0.25) is 11.8 Å². The Bertz CT molecular complexity index is 3250. The summed E-state index contributed by atoms with van der Waals surface area (Å²) in [5.41, 5.74) is 5.53. The number of halogens is 3. The molecular weight excluding hydrogens is 973 g/mol. The van der Waals surface area contributed by atoms with Gasteiger partial charge in [-0.05, 0) is 103 Å². The van der Waals surface area contributed by atoms with Crippen molar-refractivity contribution in [3.05, 3.63) is 154 Å². The number of benzene rings is 4. The Morgan fingerprint density at radius 2 is 1.16 bits per heavy atom. The first-order chi connectivity index (χ1) is 35.2. The second kappa shape index (κ2) is 26.2. The van der Waals surface area contributed by atoms with Crippen LogP contribution in [0.3, 0.4) is 0 Å². The molecule has 3 aromatic heterocycles. The number of likely N-dealkylation sites (N-methyl/N-ethyl adjacent to an activating group) is 2. The molecule has 0 aliphatic carbocycles. The highest BCUT2D eigenvalue weighted by molar-refractivity contribution is 6.32. The Morgan fingerprint density at radius 3 is 1.60 bits per heavy atom. The van der Waals surface area contributed by atoms with E-state index in [1.54, 1.807) is 60.8 Å². The number of nitriles is 2. The molecule has 4 N–H and O–H groups in total. The summed E-state index contributed by atoms with van der Waals surface area (Å²) in [6, 6.07) is 26.2. The fourth-order valence-corrected chi connectivity index (χ4v) is 7.32. The third-order valence-electron chi connectivity index (χ3n) is 10.3. The predicted octanol–water partition coefficient (Wildman–Crippen LogP) is 11.0. The van der Waals surface area contributed by atoms with E-state index in [4.69, 9.17) is 37.4 Å². The van der Waals surface area contributed by atoms with Crippen molar-refractivity contribution in [1.29, 1.82) is 10.5 Å². The first-order valence-electron chi connectivity index (χ1n) is 22.7. The summed E-state index contributed by atoms with van der Waals surface area (Å²) in [5, 5.41) is 33.2. The summed E-state index contributed by atoms with van der Waals surface area (Å²) >= 11 is 12.4. The van der Waals surface area contributed by atoms with Crippen LogP contribution in [0.4, 0.5) is 38.5 Å². The molecular formula is C54H52Cl2FN11O5. The number of hydrogen-bond acceptors (Lipinski definition) is 14. The fourth-order valence-electron chi connectivity index (χ4n) is 6.91. The molecule has 0 saturated carbocycles. The summed E-state index contributed by atoms with van der Waals surface area (Å²) in [5.74, 6) is 0.274. The maximum absolute atomic E-state index is 13.6. The topological polar surface area (TPSA) is 203 Å². The van der Waals surface area contributed by atoms with Crippen molar-refractivity contribution in [2.45, 2.75) is 20.5 Å². The number of carbonyl (C=O) groups excluding carboxylic acids is 2. The number of ether oxygens (including phenoxy) is 3. The molecule has 0 unspecified atom stereocenters. The predicted molar refractivity (Wildman–Crippen MR) is 286 cm³/mol. The number of nitrogens with one attached hydrogen (secondary N) is 4. The molecule has 7 aromatic rings. The molecule has 0 spiro atoms. The Kier molecular flexibility index (Phi) is 19.4. The molecule has 3 heterocycles. The third-order valence-corrected chi connectivity index (χ3v) is 10.9. The van der Waals surface area contributed by atoms with Crippen molar-refractivity contribution < 1.29 is 28.2 Å². The van der Waals surface area contributed by atoms with E-state index >= 15 is 0 Å². The van der Waals surface area contributed by atoms with E-state index in [9.17, 15) is 24.5 Å². The molecule has 0 radical (unpaired) electrons. The lowest BCUT2D eigenvalue weighted by Gasteiger charge is -2.16. The number of pyridine rings is 3. The van der Waals surface area contributed by atoms with Crippen LogP contribution in [0.2, 0.25) is 10.0 Å². The van der Waals surface area contributed by atoms with Gasteiger partial charge in [-0.25, -0.2) is 4.39 Å². The monoisotopic (exact) mass is 1020 g/mol. The van der Waals surface area contributed by atoms with Gasteiger partial charge >= 0.3 is 0 Å². The van der Waals surface area contributed by atoms with E-state index < -0.39 is 5.82 Å². The Hall–Kier alpha value is -8.32. The number of amides is 2. The normalized spacial score (nSPS) is 11.0. The Morgan fingerprint density at radius 1 is 0.658 bits per heavy atom. The lowest BCUT2D eigenvalue weighted by Crippen LogP contribution is -2.13. The van der Waals surface area contributed by atoms with E-state index in [1.807, 2.05) is 70.0 Å². The molecule has 73 heavy (non-hydrogen) atoms. The summed E-state index contributed by atoms with van der Waals surface area (Å²) in [7, 11) is 7.65. The van der Waals surface area contributed by atoms with Gasteiger partial charge in [-0.1, -0.05) is 41.4 Å². The van der Waals surface area contributed by atoms with Gasteiger partial charge in [0.15, 0.2) is 0 Å². The van der Waals surface area contributed by atoms with Crippen molar-refractivity contribution in [3.8, 4) is 29.4 Å². The van der Waals surface area contributed by atoms with Crippen molar-refractivity contribution in [1.82, 2.24) is 24.8 Å². The van der Waals surface area contributed by atoms with Crippen molar-refractivity contribution in [3.63, 3.8) is 0 Å². The molecule has 16 nitrogen and oxygen atoms in total. The first-order valence-corrected chi connectivity index (χ1v) is 23.5. The smallest absolute Gasteiger partial charge is 0.248 e. The average molecular weight is 1020 g/mol. The molecule has 0 saturated heterocycles. The molecule has 374 valence electrons. The molecule has 0 atom stereocenters. The van der Waals surface area contributed by atoms with E-state index in [1.165, 1.54) is 42.7 Å². The third kappa shape index (κ3) is 15.1. The van der Waals surface area contributed by atoms with Gasteiger partial charge in [-0.15, -0.1) is 0 Å². The number of anilines is 6. The van der Waals surface area contributed by atoms with Crippen molar-refractivity contribution in [2.24, 2.45) is 0 Å². The highest BCUT2D eigenvalue weighted by Crippen LogP contribution is 2.39. The van der Waals surface area contributed by atoms with Crippen LogP contribution in [0.15, 0.2) is 122 Å². The summed E-state index contributed by atoms with van der Waals surface area (Å²) in [4.78, 5) is 42.0. The van der Waals surface area contributed by atoms with E-state index in [0.29, 0.717) is 110 Å². The molecule has 19 heteroatoms. The number of fused-ring (bicyclic) bond motifs is 2. The van der Waals surface area contributed by atoms with Crippen LogP contribution in [0.1, 0.15) is 30.7 Å². The fraction of sp³-hybridized carbons (Fsp3) is 0.204. The molecule has 0 fully saturated rings. The van der Waals surface area contributed by atoms with Gasteiger partial charge in [-0.3, -0.25) is 24.5 Å². The first kappa shape index (κ1) is 54.0. The van der Waals surface area contributed by atoms with Crippen LogP contribution >= 0.6 is 23.2 Å². The van der Waals surface area contributed by atoms with Gasteiger partial charge in [0.05, 0.1) is 73.9 Å². The maximum Gasteiger partial charge on any atom is 0.248 e. The largest absolute Gasteiger partial charge is 0.492 e. The van der Waals surface area contributed by atoms with Crippen LogP contribution < -0.4 is 35.5 Å². The minimum atomic E-state index is -0.545. The molecule has 2 amide bonds. The van der Waals surface area contributed by atoms with Crippen LogP contribution in [0, 0.1) is 28.5 Å². The standard InChI is InChI=1S/C30H29ClN6O3.C24H23ClFN5O2/c1-4-39-28-16-25-23(15-26(28)36-29(38)9-7-13-37(2)3)30(20(17-32)18-34-25)35-21-10-11-27(24(31)14-21)40-19-22-8-5-6-12-33-22;1-4-33-22-12-20-17(11-21(22)30-23(32)6-5-9-31(2)3)24(15(13-27)14-28-20)29-16-7-8-19(26)18(25)10-16/h5-12,14-16,18H,4,13,19H2,1-3H3,(H,34,35)(H,36,38);5-8,10-12,14H,4,9H2,1-3H3,(H,28,29)(H,30,32)/b9-7+;6-5+. The van der Waals surface area contributed by atoms with Crippen LogP contribution in [0.25, 0.3) is 21.8 Å². The minimum Gasteiger partial charge on any atom is -0.492 e. The van der Waals surface area contributed by atoms with Crippen molar-refractivity contribution in [2.75, 3.05) is 75.8 Å². The summed E-state index contributed by atoms with van der Waals surface area (Å²) in [6.07, 6.45) is 11.1. The number of carbonyl (C=O) groups is 2. The van der Waals surface area contributed by atoms with Gasteiger partial charge in [-0.2, -0.15) is 10.5 Å². The SMILES string of the molecule is CCOc1cc2ncc(C#N)c(Nc3ccc(F)c(Cl)c3)c2cc1NC(=O)/C=C/CN(C)C.CCOc1cc2ncc(C#N)c(Nc3ccc(OCc4ccccn4)c(Cl)c3)c2cc1NC(=O)/C=C/CN(C)C. The zero-order valence-corrected chi connectivity index (χ0v) is 42.4. The molecule has 7 rings (SSSR count). The zero-order valence-electron chi connectivity index (χ0n) is 40.9. The molecule has 0 bridgehead atoms. The van der Waals surface area contributed by atoms with Crippen molar-refractivity contribution >= 4 is 90.9 Å². The number of hydrogen-bond donors (Lipinski definition) is 4. The highest BCUT2D eigenvalue weighted by Gasteiger charge is 2.18. The zero-order chi connectivity index (χ0) is 52.4. The lowest BCUT2D eigenvalue weighted by molar-refractivity contribution is -0.112. The molecule has 4 aromatic carbocycles. The second-order valence-corrected chi connectivity index (χ2v) is 17.2. The Labute approximate surface area is 432 Å². The molecule has 0 aliphatic heterocycles. The van der Waals surface area contributed by atoms with Gasteiger partial charge in [0, 0.05) is 78.1 Å². The Balaban J connectivity index is 0.000000243. The maximum atomic E-state index is 13.6. The second-order valence-electron chi connectivity index (χ2n) is 16.4. The van der Waals surface area contributed by atoms with Gasteiger partial charge in [0.25, 0.3) is 0 Å². The van der Waals surface area contributed by atoms with Gasteiger partial charge in [0.1, 0.15) is 41.8 Å². The van der Waals surface area contributed by atoms with E-state index in [2.05, 4.69) is 48.4 Å². The van der Waals surface area contributed by atoms with E-state index in [0.717, 1.165) is 5.69 Å². The summed E-state index contributed by atoms with van der Waals surface area (Å²) < 4.78 is 30.9. The quantitative estimate of drug-likeness (QED) is 0.0557. The summed E-state index contributed by atoms with van der Waals surface area (Å²) in [6.45, 7) is 6.02. The number of aromatic nitrogens is 3. The van der Waals surface area contributed by atoms with Crippen LogP contribution in [-0.2, 0) is 16.2 Å². The van der Waals surface area contributed by atoms with E-state index in [-0.39, 0.29) is 29.0 Å². The van der Waals surface area contributed by atoms with Gasteiger partial charge < -0.3 is 45.3 Å².